The van der Waals surface area contributed by atoms with Crippen molar-refractivity contribution >= 4 is 10.0 Å². The molecule has 0 aliphatic heterocycles. The highest BCUT2D eigenvalue weighted by molar-refractivity contribution is 7.89. The standard InChI is InChI=1S/C12H17FN2O2S/c1-12(2)10(14)7-11(12)15-18(16,17)9-5-3-8(13)4-6-9/h3-6,10-11,15H,7,14H2,1-2H3. The molecule has 0 spiro atoms. The summed E-state index contributed by atoms with van der Waals surface area (Å²) in [4.78, 5) is 0.0696. The van der Waals surface area contributed by atoms with Crippen molar-refractivity contribution in [1.29, 1.82) is 0 Å². The predicted molar refractivity (Wildman–Crippen MR) is 66.9 cm³/mol. The second kappa shape index (κ2) is 4.29. The van der Waals surface area contributed by atoms with Crippen molar-refractivity contribution in [3.63, 3.8) is 0 Å². The van der Waals surface area contributed by atoms with E-state index >= 15 is 0 Å². The Labute approximate surface area is 106 Å². The molecule has 100 valence electrons. The third kappa shape index (κ3) is 2.28. The SMILES string of the molecule is CC1(C)C(N)CC1NS(=O)(=O)c1ccc(F)cc1. The second-order valence-corrected chi connectivity index (χ2v) is 7.01. The molecule has 3 N–H and O–H groups in total. The van der Waals surface area contributed by atoms with E-state index < -0.39 is 15.8 Å². The molecule has 0 bridgehead atoms. The van der Waals surface area contributed by atoms with Crippen LogP contribution in [0, 0.1) is 11.2 Å². The number of sulfonamides is 1. The zero-order chi connectivity index (χ0) is 13.6. The molecule has 4 nitrogen and oxygen atoms in total. The lowest BCUT2D eigenvalue weighted by molar-refractivity contribution is 0.0903. The van der Waals surface area contributed by atoms with E-state index in [0.717, 1.165) is 12.1 Å². The number of nitrogens with one attached hydrogen (secondary N) is 1. The summed E-state index contributed by atoms with van der Waals surface area (Å²) in [7, 11) is -3.60. The first-order chi connectivity index (χ1) is 8.23. The van der Waals surface area contributed by atoms with E-state index in [1.165, 1.54) is 12.1 Å². The van der Waals surface area contributed by atoms with Gasteiger partial charge in [0.1, 0.15) is 5.82 Å². The summed E-state index contributed by atoms with van der Waals surface area (Å²) >= 11 is 0. The summed E-state index contributed by atoms with van der Waals surface area (Å²) in [6.07, 6.45) is 0.618. The van der Waals surface area contributed by atoms with Crippen molar-refractivity contribution in [2.24, 2.45) is 11.1 Å². The van der Waals surface area contributed by atoms with Gasteiger partial charge in [0.15, 0.2) is 0 Å². The Bertz CT molecular complexity index is 540. The van der Waals surface area contributed by atoms with Gasteiger partial charge in [0.2, 0.25) is 10.0 Å². The Morgan fingerprint density at radius 3 is 2.33 bits per heavy atom. The average Bonchev–Trinajstić information content (AvgIpc) is 2.29. The summed E-state index contributed by atoms with van der Waals surface area (Å²) in [5, 5.41) is 0. The van der Waals surface area contributed by atoms with Crippen LogP contribution in [0.1, 0.15) is 20.3 Å². The molecule has 1 aliphatic carbocycles. The maximum absolute atomic E-state index is 12.8. The first-order valence-corrected chi connectivity index (χ1v) is 7.25. The zero-order valence-corrected chi connectivity index (χ0v) is 11.2. The number of hydrogen-bond acceptors (Lipinski definition) is 3. The molecule has 0 amide bonds. The third-order valence-corrected chi connectivity index (χ3v) is 5.25. The molecule has 6 heteroatoms. The van der Waals surface area contributed by atoms with Gasteiger partial charge in [-0.2, -0.15) is 0 Å². The van der Waals surface area contributed by atoms with Crippen molar-refractivity contribution in [1.82, 2.24) is 4.72 Å². The molecule has 2 atom stereocenters. The fourth-order valence-electron chi connectivity index (χ4n) is 2.03. The molecule has 1 aromatic rings. The molecule has 0 radical (unpaired) electrons. The Balaban J connectivity index is 2.16. The van der Waals surface area contributed by atoms with Gasteiger partial charge in [-0.25, -0.2) is 17.5 Å². The van der Waals surface area contributed by atoms with Gasteiger partial charge in [0.05, 0.1) is 4.90 Å². The molecule has 0 aromatic heterocycles. The summed E-state index contributed by atoms with van der Waals surface area (Å²) in [6.45, 7) is 3.86. The lowest BCUT2D eigenvalue weighted by Crippen LogP contribution is -2.64. The topological polar surface area (TPSA) is 72.2 Å². The van der Waals surface area contributed by atoms with Crippen LogP contribution >= 0.6 is 0 Å². The predicted octanol–water partition coefficient (Wildman–Crippen LogP) is 1.23. The molecule has 1 fully saturated rings. The van der Waals surface area contributed by atoms with Crippen LogP contribution in [0.15, 0.2) is 29.2 Å². The van der Waals surface area contributed by atoms with Crippen molar-refractivity contribution in [2.45, 2.75) is 37.2 Å². The number of halogens is 1. The molecule has 0 heterocycles. The van der Waals surface area contributed by atoms with E-state index in [4.69, 9.17) is 5.73 Å². The minimum atomic E-state index is -3.60. The first-order valence-electron chi connectivity index (χ1n) is 5.77. The third-order valence-electron chi connectivity index (χ3n) is 3.76. The van der Waals surface area contributed by atoms with Gasteiger partial charge < -0.3 is 5.73 Å². The van der Waals surface area contributed by atoms with Crippen molar-refractivity contribution < 1.29 is 12.8 Å². The van der Waals surface area contributed by atoms with Crippen LogP contribution in [-0.2, 0) is 10.0 Å². The summed E-state index contributed by atoms with van der Waals surface area (Å²) < 4.78 is 39.5. The average molecular weight is 272 g/mol. The van der Waals surface area contributed by atoms with Gasteiger partial charge in [-0.1, -0.05) is 13.8 Å². The molecule has 1 saturated carbocycles. The van der Waals surface area contributed by atoms with E-state index in [0.29, 0.717) is 6.42 Å². The first kappa shape index (κ1) is 13.5. The number of nitrogens with two attached hydrogens (primary N) is 1. The van der Waals surface area contributed by atoms with Gasteiger partial charge in [0.25, 0.3) is 0 Å². The monoisotopic (exact) mass is 272 g/mol. The van der Waals surface area contributed by atoms with Crippen molar-refractivity contribution in [3.05, 3.63) is 30.1 Å². The second-order valence-electron chi connectivity index (χ2n) is 5.29. The fourth-order valence-corrected chi connectivity index (χ4v) is 3.43. The minimum absolute atomic E-state index is 0.00146. The molecular formula is C12H17FN2O2S. The Hall–Kier alpha value is -0.980. The normalized spacial score (nSPS) is 26.7. The number of rotatable bonds is 3. The highest BCUT2D eigenvalue weighted by Crippen LogP contribution is 2.39. The van der Waals surface area contributed by atoms with Gasteiger partial charge in [0, 0.05) is 12.1 Å². The molecule has 18 heavy (non-hydrogen) atoms. The Kier molecular flexibility index (Phi) is 3.21. The van der Waals surface area contributed by atoms with E-state index in [9.17, 15) is 12.8 Å². The van der Waals surface area contributed by atoms with Gasteiger partial charge in [-0.15, -0.1) is 0 Å². The number of hydrogen-bond donors (Lipinski definition) is 2. The Morgan fingerprint density at radius 1 is 1.33 bits per heavy atom. The van der Waals surface area contributed by atoms with Crippen LogP contribution in [-0.4, -0.2) is 20.5 Å². The van der Waals surface area contributed by atoms with Crippen molar-refractivity contribution in [2.75, 3.05) is 0 Å². The molecular weight excluding hydrogens is 255 g/mol. The van der Waals surface area contributed by atoms with Crippen LogP contribution in [0.25, 0.3) is 0 Å². The van der Waals surface area contributed by atoms with Gasteiger partial charge in [-0.05, 0) is 36.1 Å². The summed E-state index contributed by atoms with van der Waals surface area (Å²) in [6, 6.07) is 4.59. The lowest BCUT2D eigenvalue weighted by atomic mass is 9.64. The van der Waals surface area contributed by atoms with Crippen LogP contribution in [0.5, 0.6) is 0 Å². The van der Waals surface area contributed by atoms with E-state index in [-0.39, 0.29) is 22.4 Å². The molecule has 2 unspecified atom stereocenters. The van der Waals surface area contributed by atoms with E-state index in [2.05, 4.69) is 4.72 Å². The van der Waals surface area contributed by atoms with Crippen LogP contribution in [0.4, 0.5) is 4.39 Å². The highest BCUT2D eigenvalue weighted by atomic mass is 32.2. The van der Waals surface area contributed by atoms with Crippen LogP contribution in [0.3, 0.4) is 0 Å². The van der Waals surface area contributed by atoms with Crippen LogP contribution in [0.2, 0.25) is 0 Å². The quantitative estimate of drug-likeness (QED) is 0.869. The van der Waals surface area contributed by atoms with Gasteiger partial charge >= 0.3 is 0 Å². The van der Waals surface area contributed by atoms with E-state index in [1.54, 1.807) is 0 Å². The van der Waals surface area contributed by atoms with Gasteiger partial charge in [-0.3, -0.25) is 0 Å². The zero-order valence-electron chi connectivity index (χ0n) is 10.4. The van der Waals surface area contributed by atoms with Crippen molar-refractivity contribution in [3.8, 4) is 0 Å². The van der Waals surface area contributed by atoms with E-state index in [1.807, 2.05) is 13.8 Å². The lowest BCUT2D eigenvalue weighted by Gasteiger charge is -2.50. The molecule has 0 saturated heterocycles. The molecule has 1 aromatic carbocycles. The molecule has 2 rings (SSSR count). The minimum Gasteiger partial charge on any atom is -0.327 e. The number of benzene rings is 1. The smallest absolute Gasteiger partial charge is 0.240 e. The summed E-state index contributed by atoms with van der Waals surface area (Å²) in [5.74, 6) is -0.458. The fraction of sp³-hybridized carbons (Fsp3) is 0.500. The largest absolute Gasteiger partial charge is 0.327 e. The maximum Gasteiger partial charge on any atom is 0.240 e. The maximum atomic E-state index is 12.8. The summed E-state index contributed by atoms with van der Waals surface area (Å²) in [5.41, 5.74) is 5.58. The molecule has 1 aliphatic rings. The highest BCUT2D eigenvalue weighted by Gasteiger charge is 2.47. The Morgan fingerprint density at radius 2 is 1.89 bits per heavy atom. The van der Waals surface area contributed by atoms with Crippen LogP contribution < -0.4 is 10.5 Å².